The topological polar surface area (TPSA) is 39.9 Å². The quantitative estimate of drug-likeness (QED) is 0.596. The van der Waals surface area contributed by atoms with Gasteiger partial charge in [-0.1, -0.05) is 0 Å². The van der Waals surface area contributed by atoms with Crippen molar-refractivity contribution in [2.45, 2.75) is 45.3 Å². The van der Waals surface area contributed by atoms with Gasteiger partial charge >= 0.3 is 6.61 Å². The largest absolute Gasteiger partial charge is 0.435 e. The third-order valence-corrected chi connectivity index (χ3v) is 5.75. The maximum atomic E-state index is 14.5. The lowest BCUT2D eigenvalue weighted by Gasteiger charge is -2.17. The molecule has 0 bridgehead atoms. The van der Waals surface area contributed by atoms with Gasteiger partial charge in [0.15, 0.2) is 0 Å². The molecule has 0 fully saturated rings. The van der Waals surface area contributed by atoms with E-state index in [0.717, 1.165) is 48.0 Å². The van der Waals surface area contributed by atoms with Crippen molar-refractivity contribution in [2.24, 2.45) is 0 Å². The van der Waals surface area contributed by atoms with E-state index in [4.69, 9.17) is 5.10 Å². The number of ether oxygens (including phenoxy) is 1. The first-order valence-electron chi connectivity index (χ1n) is 8.79. The lowest BCUT2D eigenvalue weighted by atomic mass is 9.93. The first kappa shape index (κ1) is 18.0. The highest BCUT2D eigenvalue weighted by molar-refractivity contribution is 7.09. The number of fused-ring (bicyclic) bond motifs is 1. The standard InChI is InChI=1S/C19H18F3N3OS/c1-11(18-23-8-9-27-18)25-16-5-3-2-4-13(16)17(24-25)14-10-12(26-19(21)22)6-7-15(14)20/h6-11,19H,2-5H2,1H3. The number of halogens is 3. The second-order valence-corrected chi connectivity index (χ2v) is 7.42. The molecule has 142 valence electrons. The van der Waals surface area contributed by atoms with Gasteiger partial charge < -0.3 is 4.74 Å². The van der Waals surface area contributed by atoms with Crippen molar-refractivity contribution in [1.29, 1.82) is 0 Å². The monoisotopic (exact) mass is 393 g/mol. The van der Waals surface area contributed by atoms with E-state index < -0.39 is 12.4 Å². The normalized spacial score (nSPS) is 15.0. The van der Waals surface area contributed by atoms with E-state index in [1.165, 1.54) is 12.1 Å². The lowest BCUT2D eigenvalue weighted by Crippen LogP contribution is -2.14. The Kier molecular flexibility index (Phi) is 4.90. The van der Waals surface area contributed by atoms with Gasteiger partial charge in [0.05, 0.1) is 5.69 Å². The molecule has 0 spiro atoms. The third-order valence-electron chi connectivity index (χ3n) is 4.80. The maximum absolute atomic E-state index is 14.5. The molecule has 4 rings (SSSR count). The van der Waals surface area contributed by atoms with Crippen molar-refractivity contribution in [1.82, 2.24) is 14.8 Å². The Hall–Kier alpha value is -2.35. The molecule has 0 aliphatic heterocycles. The molecule has 3 aromatic rings. The van der Waals surface area contributed by atoms with E-state index in [0.29, 0.717) is 5.69 Å². The number of nitrogens with zero attached hydrogens (tertiary/aromatic N) is 3. The highest BCUT2D eigenvalue weighted by Crippen LogP contribution is 2.36. The minimum Gasteiger partial charge on any atom is -0.435 e. The minimum atomic E-state index is -2.96. The highest BCUT2D eigenvalue weighted by atomic mass is 32.1. The Bertz CT molecular complexity index is 940. The van der Waals surface area contributed by atoms with Gasteiger partial charge in [-0.05, 0) is 50.8 Å². The number of alkyl halides is 2. The van der Waals surface area contributed by atoms with Crippen LogP contribution in [0.25, 0.3) is 11.3 Å². The highest BCUT2D eigenvalue weighted by Gasteiger charge is 2.27. The van der Waals surface area contributed by atoms with Gasteiger partial charge in [0.25, 0.3) is 0 Å². The zero-order valence-corrected chi connectivity index (χ0v) is 15.5. The molecule has 1 aliphatic rings. The molecule has 4 nitrogen and oxygen atoms in total. The molecule has 8 heteroatoms. The van der Waals surface area contributed by atoms with E-state index >= 15 is 0 Å². The molecule has 27 heavy (non-hydrogen) atoms. The van der Waals surface area contributed by atoms with Crippen LogP contribution in [0.1, 0.15) is 42.1 Å². The van der Waals surface area contributed by atoms with Crippen molar-refractivity contribution in [3.63, 3.8) is 0 Å². The third kappa shape index (κ3) is 3.45. The van der Waals surface area contributed by atoms with E-state index in [2.05, 4.69) is 9.72 Å². The van der Waals surface area contributed by atoms with Crippen LogP contribution in [-0.4, -0.2) is 21.4 Å². The molecule has 1 atom stereocenters. The molecular formula is C19H18F3N3OS. The summed E-state index contributed by atoms with van der Waals surface area (Å²) in [5, 5.41) is 7.53. The first-order valence-corrected chi connectivity index (χ1v) is 9.67. The summed E-state index contributed by atoms with van der Waals surface area (Å²) < 4.78 is 46.0. The second-order valence-electron chi connectivity index (χ2n) is 6.49. The summed E-state index contributed by atoms with van der Waals surface area (Å²) >= 11 is 1.54. The predicted molar refractivity (Wildman–Crippen MR) is 96.8 cm³/mol. The van der Waals surface area contributed by atoms with Crippen LogP contribution in [-0.2, 0) is 12.8 Å². The van der Waals surface area contributed by atoms with Gasteiger partial charge in [0, 0.05) is 28.4 Å². The average molecular weight is 393 g/mol. The molecule has 0 saturated heterocycles. The smallest absolute Gasteiger partial charge is 0.387 e. The molecule has 1 aromatic carbocycles. The lowest BCUT2D eigenvalue weighted by molar-refractivity contribution is -0.0498. The van der Waals surface area contributed by atoms with Crippen LogP contribution in [0, 0.1) is 5.82 Å². The van der Waals surface area contributed by atoms with Crippen molar-refractivity contribution < 1.29 is 17.9 Å². The molecule has 1 unspecified atom stereocenters. The summed E-state index contributed by atoms with van der Waals surface area (Å²) in [6.45, 7) is -0.948. The van der Waals surface area contributed by atoms with Crippen LogP contribution in [0.3, 0.4) is 0 Å². The molecule has 1 aliphatic carbocycles. The Morgan fingerprint density at radius 1 is 1.22 bits per heavy atom. The van der Waals surface area contributed by atoms with Crippen molar-refractivity contribution in [3.8, 4) is 17.0 Å². The van der Waals surface area contributed by atoms with E-state index in [9.17, 15) is 13.2 Å². The van der Waals surface area contributed by atoms with Gasteiger partial charge in [0.1, 0.15) is 22.6 Å². The number of rotatable bonds is 5. The fourth-order valence-electron chi connectivity index (χ4n) is 3.57. The molecular weight excluding hydrogens is 375 g/mol. The fraction of sp³-hybridized carbons (Fsp3) is 0.368. The minimum absolute atomic E-state index is 0.0749. The number of hydrogen-bond acceptors (Lipinski definition) is 4. The number of aromatic nitrogens is 3. The zero-order valence-electron chi connectivity index (χ0n) is 14.7. The SMILES string of the molecule is CC(c1nccs1)n1nc(-c2cc(OC(F)F)ccc2F)c2c1CCCC2. The van der Waals surface area contributed by atoms with Crippen LogP contribution < -0.4 is 4.74 Å². The van der Waals surface area contributed by atoms with Gasteiger partial charge in [-0.25, -0.2) is 9.37 Å². The van der Waals surface area contributed by atoms with Crippen LogP contribution in [0.5, 0.6) is 5.75 Å². The molecule has 0 saturated carbocycles. The van der Waals surface area contributed by atoms with Crippen LogP contribution in [0.15, 0.2) is 29.8 Å². The predicted octanol–water partition coefficient (Wildman–Crippen LogP) is 5.24. The first-order chi connectivity index (χ1) is 13.0. The van der Waals surface area contributed by atoms with E-state index in [1.54, 1.807) is 17.5 Å². The summed E-state index contributed by atoms with van der Waals surface area (Å²) in [6.07, 6.45) is 5.42. The molecule has 0 N–H and O–H groups in total. The Morgan fingerprint density at radius 2 is 2.04 bits per heavy atom. The second kappa shape index (κ2) is 7.34. The van der Waals surface area contributed by atoms with Gasteiger partial charge in [-0.3, -0.25) is 4.68 Å². The number of hydrogen-bond donors (Lipinski definition) is 0. The van der Waals surface area contributed by atoms with Gasteiger partial charge in [-0.2, -0.15) is 13.9 Å². The molecule has 2 aromatic heterocycles. The van der Waals surface area contributed by atoms with Crippen LogP contribution in [0.4, 0.5) is 13.2 Å². The zero-order chi connectivity index (χ0) is 19.0. The van der Waals surface area contributed by atoms with Crippen molar-refractivity contribution >= 4 is 11.3 Å². The number of thiazole rings is 1. The molecule has 0 radical (unpaired) electrons. The molecule has 0 amide bonds. The van der Waals surface area contributed by atoms with Crippen molar-refractivity contribution in [3.05, 3.63) is 51.9 Å². The molecule has 2 heterocycles. The van der Waals surface area contributed by atoms with Crippen molar-refractivity contribution in [2.75, 3.05) is 0 Å². The Morgan fingerprint density at radius 3 is 2.78 bits per heavy atom. The summed E-state index contributed by atoms with van der Waals surface area (Å²) in [5.74, 6) is -0.579. The Balaban J connectivity index is 1.82. The van der Waals surface area contributed by atoms with E-state index in [1.807, 2.05) is 17.0 Å². The Labute approximate surface area is 158 Å². The summed E-state index contributed by atoms with van der Waals surface area (Å²) in [5.41, 5.74) is 2.75. The van der Waals surface area contributed by atoms with Gasteiger partial charge in [-0.15, -0.1) is 11.3 Å². The summed E-state index contributed by atoms with van der Waals surface area (Å²) in [4.78, 5) is 4.37. The van der Waals surface area contributed by atoms with E-state index in [-0.39, 0.29) is 17.4 Å². The van der Waals surface area contributed by atoms with Crippen LogP contribution >= 0.6 is 11.3 Å². The fourth-order valence-corrected chi connectivity index (χ4v) is 4.25. The van der Waals surface area contributed by atoms with Gasteiger partial charge in [0.2, 0.25) is 0 Å². The van der Waals surface area contributed by atoms with Crippen LogP contribution in [0.2, 0.25) is 0 Å². The maximum Gasteiger partial charge on any atom is 0.387 e. The average Bonchev–Trinajstić information content (AvgIpc) is 3.30. The summed E-state index contributed by atoms with van der Waals surface area (Å²) in [7, 11) is 0. The summed E-state index contributed by atoms with van der Waals surface area (Å²) in [6, 6.07) is 3.57. The number of benzene rings is 1.